The quantitative estimate of drug-likeness (QED) is 0.476. The molecule has 0 unspecified atom stereocenters. The number of hydrogen-bond donors (Lipinski definition) is 0. The summed E-state index contributed by atoms with van der Waals surface area (Å²) in [5.74, 6) is -0.401. The number of rotatable bonds is 4. The molecule has 0 bridgehead atoms. The van der Waals surface area contributed by atoms with E-state index in [-0.39, 0.29) is 0 Å². The van der Waals surface area contributed by atoms with Gasteiger partial charge in [-0.25, -0.2) is 0 Å². The topological polar surface area (TPSA) is 18.5 Å². The van der Waals surface area contributed by atoms with E-state index in [1.54, 1.807) is 0 Å². The van der Waals surface area contributed by atoms with Crippen molar-refractivity contribution in [2.24, 2.45) is 0 Å². The van der Waals surface area contributed by atoms with Crippen molar-refractivity contribution in [3.05, 3.63) is 12.2 Å². The van der Waals surface area contributed by atoms with Gasteiger partial charge in [0.25, 0.3) is 0 Å². The molecule has 1 rings (SSSR count). The molecule has 0 aromatic rings. The predicted octanol–water partition coefficient (Wildman–Crippen LogP) is 2.50. The predicted molar refractivity (Wildman–Crippen MR) is 49.0 cm³/mol. The van der Waals surface area contributed by atoms with E-state index >= 15 is 0 Å². The van der Waals surface area contributed by atoms with Gasteiger partial charge in [-0.05, 0) is 32.8 Å². The molecule has 1 aliphatic carbocycles. The van der Waals surface area contributed by atoms with Crippen LogP contribution in [0.25, 0.3) is 0 Å². The molecule has 0 spiro atoms. The van der Waals surface area contributed by atoms with Crippen LogP contribution in [0.3, 0.4) is 0 Å². The molecule has 0 fully saturated rings. The summed E-state index contributed by atoms with van der Waals surface area (Å²) >= 11 is 0. The molecule has 12 heavy (non-hydrogen) atoms. The summed E-state index contributed by atoms with van der Waals surface area (Å²) in [7, 11) is 0. The fourth-order valence-corrected chi connectivity index (χ4v) is 1.58. The van der Waals surface area contributed by atoms with Crippen LogP contribution in [0.5, 0.6) is 0 Å². The minimum absolute atomic E-state index is 0.401. The van der Waals surface area contributed by atoms with Gasteiger partial charge in [-0.2, -0.15) is 0 Å². The molecule has 0 aromatic carbocycles. The molecular weight excluding hydrogens is 152 g/mol. The first-order chi connectivity index (χ1) is 5.83. The second-order valence-electron chi connectivity index (χ2n) is 2.97. The second-order valence-corrected chi connectivity index (χ2v) is 2.97. The van der Waals surface area contributed by atoms with Crippen molar-refractivity contribution in [2.45, 2.75) is 38.9 Å². The summed E-state index contributed by atoms with van der Waals surface area (Å²) in [5.41, 5.74) is 0. The second kappa shape index (κ2) is 4.63. The van der Waals surface area contributed by atoms with Gasteiger partial charge in [0.15, 0.2) is 5.79 Å². The summed E-state index contributed by atoms with van der Waals surface area (Å²) in [5, 5.41) is 0. The molecule has 0 radical (unpaired) electrons. The molecule has 1 aliphatic rings. The molecule has 0 heterocycles. The van der Waals surface area contributed by atoms with Gasteiger partial charge in [-0.15, -0.1) is 0 Å². The average Bonchev–Trinajstić information content (AvgIpc) is 2.07. The smallest absolute Gasteiger partial charge is 0.187 e. The first-order valence-electron chi connectivity index (χ1n) is 4.78. The molecule has 0 amide bonds. The van der Waals surface area contributed by atoms with Gasteiger partial charge >= 0.3 is 0 Å². The Kier molecular flexibility index (Phi) is 3.76. The highest BCUT2D eigenvalue weighted by Crippen LogP contribution is 2.27. The summed E-state index contributed by atoms with van der Waals surface area (Å²) in [6.45, 7) is 5.43. The van der Waals surface area contributed by atoms with Crippen LogP contribution in [0.15, 0.2) is 12.2 Å². The van der Waals surface area contributed by atoms with E-state index in [1.165, 1.54) is 0 Å². The van der Waals surface area contributed by atoms with E-state index in [2.05, 4.69) is 12.2 Å². The SMILES string of the molecule is CCOC1(OCC)C=CCCC1. The van der Waals surface area contributed by atoms with Crippen LogP contribution in [0.1, 0.15) is 33.1 Å². The maximum atomic E-state index is 5.60. The lowest BCUT2D eigenvalue weighted by molar-refractivity contribution is -0.205. The van der Waals surface area contributed by atoms with Crippen molar-refractivity contribution in [3.63, 3.8) is 0 Å². The Hall–Kier alpha value is -0.340. The van der Waals surface area contributed by atoms with Crippen molar-refractivity contribution in [1.29, 1.82) is 0 Å². The monoisotopic (exact) mass is 170 g/mol. The van der Waals surface area contributed by atoms with Gasteiger partial charge in [0.1, 0.15) is 0 Å². The molecule has 0 aliphatic heterocycles. The van der Waals surface area contributed by atoms with Crippen LogP contribution in [0.2, 0.25) is 0 Å². The minimum Gasteiger partial charge on any atom is -0.347 e. The van der Waals surface area contributed by atoms with E-state index in [0.717, 1.165) is 19.3 Å². The van der Waals surface area contributed by atoms with E-state index in [1.807, 2.05) is 13.8 Å². The molecule has 0 atom stereocenters. The van der Waals surface area contributed by atoms with Crippen molar-refractivity contribution in [2.75, 3.05) is 13.2 Å². The van der Waals surface area contributed by atoms with Crippen molar-refractivity contribution >= 4 is 0 Å². The zero-order valence-corrected chi connectivity index (χ0v) is 8.01. The van der Waals surface area contributed by atoms with E-state index < -0.39 is 5.79 Å². The summed E-state index contributed by atoms with van der Waals surface area (Å²) in [6.07, 6.45) is 7.52. The minimum atomic E-state index is -0.401. The van der Waals surface area contributed by atoms with Crippen LogP contribution < -0.4 is 0 Å². The van der Waals surface area contributed by atoms with E-state index in [4.69, 9.17) is 9.47 Å². The summed E-state index contributed by atoms with van der Waals surface area (Å²) in [4.78, 5) is 0. The summed E-state index contributed by atoms with van der Waals surface area (Å²) in [6, 6.07) is 0. The van der Waals surface area contributed by atoms with Gasteiger partial charge in [0.05, 0.1) is 0 Å². The standard InChI is InChI=1S/C10H18O2/c1-3-11-10(12-4-2)8-6-5-7-9-10/h6,8H,3-5,7,9H2,1-2H3. The molecule has 0 saturated heterocycles. The maximum Gasteiger partial charge on any atom is 0.187 e. The molecule has 2 nitrogen and oxygen atoms in total. The van der Waals surface area contributed by atoms with E-state index in [9.17, 15) is 0 Å². The number of hydrogen-bond acceptors (Lipinski definition) is 2. The fraction of sp³-hybridized carbons (Fsp3) is 0.800. The zero-order valence-electron chi connectivity index (χ0n) is 8.01. The third-order valence-corrected chi connectivity index (χ3v) is 2.05. The Labute approximate surface area is 74.6 Å². The van der Waals surface area contributed by atoms with Crippen LogP contribution in [0.4, 0.5) is 0 Å². The van der Waals surface area contributed by atoms with Crippen LogP contribution in [-0.2, 0) is 9.47 Å². The normalized spacial score (nSPS) is 21.2. The molecule has 0 aromatic heterocycles. The first-order valence-corrected chi connectivity index (χ1v) is 4.78. The fourth-order valence-electron chi connectivity index (χ4n) is 1.58. The third kappa shape index (κ3) is 2.32. The van der Waals surface area contributed by atoms with Crippen LogP contribution in [0, 0.1) is 0 Å². The Bertz CT molecular complexity index is 146. The zero-order chi connectivity index (χ0) is 8.86. The lowest BCUT2D eigenvalue weighted by Gasteiger charge is -2.32. The van der Waals surface area contributed by atoms with Crippen LogP contribution in [-0.4, -0.2) is 19.0 Å². The Balaban J connectivity index is 2.56. The maximum absolute atomic E-state index is 5.60. The lowest BCUT2D eigenvalue weighted by Crippen LogP contribution is -2.35. The molecule has 70 valence electrons. The van der Waals surface area contributed by atoms with Crippen molar-refractivity contribution in [1.82, 2.24) is 0 Å². The average molecular weight is 170 g/mol. The molecule has 2 heteroatoms. The van der Waals surface area contributed by atoms with Gasteiger partial charge in [-0.3, -0.25) is 0 Å². The van der Waals surface area contributed by atoms with Gasteiger partial charge < -0.3 is 9.47 Å². The van der Waals surface area contributed by atoms with Gasteiger partial charge in [0, 0.05) is 19.6 Å². The largest absolute Gasteiger partial charge is 0.347 e. The van der Waals surface area contributed by atoms with Crippen molar-refractivity contribution in [3.8, 4) is 0 Å². The highest BCUT2D eigenvalue weighted by atomic mass is 16.7. The third-order valence-electron chi connectivity index (χ3n) is 2.05. The number of allylic oxidation sites excluding steroid dienone is 1. The van der Waals surface area contributed by atoms with E-state index in [0.29, 0.717) is 13.2 Å². The Morgan fingerprint density at radius 2 is 1.92 bits per heavy atom. The van der Waals surface area contributed by atoms with Crippen LogP contribution >= 0.6 is 0 Å². The first kappa shape index (κ1) is 9.75. The molecule has 0 N–H and O–H groups in total. The molecular formula is C10H18O2. The summed E-state index contributed by atoms with van der Waals surface area (Å²) < 4.78 is 11.2. The van der Waals surface area contributed by atoms with Crippen molar-refractivity contribution < 1.29 is 9.47 Å². The highest BCUT2D eigenvalue weighted by Gasteiger charge is 2.29. The lowest BCUT2D eigenvalue weighted by atomic mass is 10.0. The Morgan fingerprint density at radius 1 is 1.25 bits per heavy atom. The highest BCUT2D eigenvalue weighted by molar-refractivity contribution is 5.00. The molecule has 0 saturated carbocycles. The van der Waals surface area contributed by atoms with Gasteiger partial charge in [-0.1, -0.05) is 6.08 Å². The number of ether oxygens (including phenoxy) is 2. The van der Waals surface area contributed by atoms with Gasteiger partial charge in [0.2, 0.25) is 0 Å². The Morgan fingerprint density at radius 3 is 2.33 bits per heavy atom.